The predicted octanol–water partition coefficient (Wildman–Crippen LogP) is 4.71. The topological polar surface area (TPSA) is 58.6 Å². The molecule has 2 rings (SSSR count). The Morgan fingerprint density at radius 1 is 0.968 bits per heavy atom. The zero-order chi connectivity index (χ0) is 23.0. The van der Waals surface area contributed by atoms with Gasteiger partial charge in [0.15, 0.2) is 6.61 Å². The number of nitrogens with one attached hydrogen (secondary N) is 1. The summed E-state index contributed by atoms with van der Waals surface area (Å²) in [6.07, 6.45) is 1.37. The minimum atomic E-state index is -0.552. The van der Waals surface area contributed by atoms with Gasteiger partial charge in [0.25, 0.3) is 5.91 Å². The molecule has 0 spiro atoms. The zero-order valence-electron chi connectivity index (χ0n) is 19.7. The fraction of sp³-hybridized carbons (Fsp3) is 0.462. The molecule has 2 aromatic carbocycles. The molecule has 0 aliphatic carbocycles. The predicted molar refractivity (Wildman–Crippen MR) is 125 cm³/mol. The van der Waals surface area contributed by atoms with Crippen molar-refractivity contribution in [3.05, 3.63) is 64.7 Å². The van der Waals surface area contributed by atoms with Crippen molar-refractivity contribution in [2.45, 2.75) is 73.0 Å². The maximum absolute atomic E-state index is 13.3. The van der Waals surface area contributed by atoms with E-state index in [0.717, 1.165) is 28.7 Å². The SMILES string of the molecule is CC[C@@H](C)NC(=O)[C@H](CC)N(Cc1ccccc1C)C(=O)COc1cccc(C)c1C. The lowest BCUT2D eigenvalue weighted by molar-refractivity contribution is -0.143. The van der Waals surface area contributed by atoms with Crippen molar-refractivity contribution in [3.63, 3.8) is 0 Å². The normalized spacial score (nSPS) is 12.7. The summed E-state index contributed by atoms with van der Waals surface area (Å²) in [7, 11) is 0. The second kappa shape index (κ2) is 11.5. The van der Waals surface area contributed by atoms with Crippen molar-refractivity contribution in [1.29, 1.82) is 0 Å². The summed E-state index contributed by atoms with van der Waals surface area (Å²) < 4.78 is 5.88. The van der Waals surface area contributed by atoms with Gasteiger partial charge < -0.3 is 15.0 Å². The van der Waals surface area contributed by atoms with Crippen molar-refractivity contribution in [2.75, 3.05) is 6.61 Å². The summed E-state index contributed by atoms with van der Waals surface area (Å²) in [6, 6.07) is 13.3. The van der Waals surface area contributed by atoms with Gasteiger partial charge in [0, 0.05) is 12.6 Å². The van der Waals surface area contributed by atoms with Crippen LogP contribution in [0.25, 0.3) is 0 Å². The van der Waals surface area contributed by atoms with Crippen LogP contribution in [-0.2, 0) is 16.1 Å². The van der Waals surface area contributed by atoms with Crippen LogP contribution in [0.15, 0.2) is 42.5 Å². The number of rotatable bonds is 10. The lowest BCUT2D eigenvalue weighted by Gasteiger charge is -2.32. The van der Waals surface area contributed by atoms with Gasteiger partial charge in [0.05, 0.1) is 0 Å². The molecule has 0 saturated heterocycles. The summed E-state index contributed by atoms with van der Waals surface area (Å²) in [5, 5.41) is 3.03. The number of hydrogen-bond donors (Lipinski definition) is 1. The van der Waals surface area contributed by atoms with Crippen LogP contribution >= 0.6 is 0 Å². The Morgan fingerprint density at radius 2 is 1.65 bits per heavy atom. The van der Waals surface area contributed by atoms with Crippen molar-refractivity contribution in [3.8, 4) is 5.75 Å². The van der Waals surface area contributed by atoms with Crippen LogP contribution in [0.3, 0.4) is 0 Å². The molecule has 5 heteroatoms. The number of hydrogen-bond acceptors (Lipinski definition) is 3. The number of carbonyl (C=O) groups excluding carboxylic acids is 2. The molecule has 2 atom stereocenters. The van der Waals surface area contributed by atoms with Crippen LogP contribution in [0.5, 0.6) is 5.75 Å². The monoisotopic (exact) mass is 424 g/mol. The molecule has 0 radical (unpaired) electrons. The first-order valence-corrected chi connectivity index (χ1v) is 11.1. The van der Waals surface area contributed by atoms with Crippen LogP contribution in [-0.4, -0.2) is 35.4 Å². The van der Waals surface area contributed by atoms with Gasteiger partial charge in [-0.2, -0.15) is 0 Å². The fourth-order valence-electron chi connectivity index (χ4n) is 3.43. The first-order chi connectivity index (χ1) is 14.8. The molecular weight excluding hydrogens is 388 g/mol. The van der Waals surface area contributed by atoms with Crippen molar-refractivity contribution in [2.24, 2.45) is 0 Å². The van der Waals surface area contributed by atoms with Gasteiger partial charge in [-0.05, 0) is 68.9 Å². The first-order valence-electron chi connectivity index (χ1n) is 11.1. The average Bonchev–Trinajstić information content (AvgIpc) is 2.75. The summed E-state index contributed by atoms with van der Waals surface area (Å²) in [6.45, 7) is 12.2. The Hall–Kier alpha value is -2.82. The van der Waals surface area contributed by atoms with Crippen molar-refractivity contribution < 1.29 is 14.3 Å². The molecule has 2 amide bonds. The highest BCUT2D eigenvalue weighted by Gasteiger charge is 2.29. The number of benzene rings is 2. The maximum atomic E-state index is 13.3. The molecule has 0 unspecified atom stereocenters. The molecule has 0 heterocycles. The van der Waals surface area contributed by atoms with E-state index in [9.17, 15) is 9.59 Å². The fourth-order valence-corrected chi connectivity index (χ4v) is 3.43. The number of ether oxygens (including phenoxy) is 1. The molecule has 0 saturated carbocycles. The minimum absolute atomic E-state index is 0.0585. The van der Waals surface area contributed by atoms with E-state index in [0.29, 0.717) is 18.7 Å². The van der Waals surface area contributed by atoms with E-state index in [1.807, 2.05) is 84.0 Å². The molecule has 168 valence electrons. The van der Waals surface area contributed by atoms with E-state index in [2.05, 4.69) is 5.32 Å². The van der Waals surface area contributed by atoms with Gasteiger partial charge in [-0.25, -0.2) is 0 Å². The molecule has 0 aliphatic heterocycles. The summed E-state index contributed by atoms with van der Waals surface area (Å²) in [5.74, 6) is 0.377. The minimum Gasteiger partial charge on any atom is -0.483 e. The molecule has 1 N–H and O–H groups in total. The van der Waals surface area contributed by atoms with Crippen LogP contribution in [0.1, 0.15) is 55.9 Å². The maximum Gasteiger partial charge on any atom is 0.261 e. The third kappa shape index (κ3) is 6.58. The smallest absolute Gasteiger partial charge is 0.261 e. The number of nitrogens with zero attached hydrogens (tertiary/aromatic N) is 1. The van der Waals surface area contributed by atoms with Crippen molar-refractivity contribution in [1.82, 2.24) is 10.2 Å². The Bertz CT molecular complexity index is 894. The van der Waals surface area contributed by atoms with E-state index >= 15 is 0 Å². The second-order valence-corrected chi connectivity index (χ2v) is 8.18. The van der Waals surface area contributed by atoms with Crippen LogP contribution in [0, 0.1) is 20.8 Å². The number of amides is 2. The third-order valence-electron chi connectivity index (χ3n) is 5.89. The summed E-state index contributed by atoms with van der Waals surface area (Å²) in [4.78, 5) is 28.0. The Kier molecular flexibility index (Phi) is 9.10. The highest BCUT2D eigenvalue weighted by molar-refractivity contribution is 5.88. The van der Waals surface area contributed by atoms with Crippen LogP contribution < -0.4 is 10.1 Å². The highest BCUT2D eigenvalue weighted by Crippen LogP contribution is 2.21. The summed E-state index contributed by atoms with van der Waals surface area (Å²) >= 11 is 0. The van der Waals surface area contributed by atoms with Crippen LogP contribution in [0.2, 0.25) is 0 Å². The molecular formula is C26H36N2O3. The zero-order valence-corrected chi connectivity index (χ0v) is 19.7. The van der Waals surface area contributed by atoms with Gasteiger partial charge in [-0.3, -0.25) is 9.59 Å². The molecule has 31 heavy (non-hydrogen) atoms. The standard InChI is InChI=1S/C26H36N2O3/c1-7-20(5)27-26(30)23(8-2)28(16-22-14-10-9-12-19(22)4)25(29)17-31-24-15-11-13-18(3)21(24)6/h9-15,20,23H,7-8,16-17H2,1-6H3,(H,27,30)/t20-,23+/m1/s1. The van der Waals surface area contributed by atoms with E-state index in [1.165, 1.54) is 0 Å². The second-order valence-electron chi connectivity index (χ2n) is 8.18. The highest BCUT2D eigenvalue weighted by atomic mass is 16.5. The largest absolute Gasteiger partial charge is 0.483 e. The molecule has 0 aromatic heterocycles. The van der Waals surface area contributed by atoms with Gasteiger partial charge in [-0.15, -0.1) is 0 Å². The quantitative estimate of drug-likeness (QED) is 0.601. The van der Waals surface area contributed by atoms with E-state index in [4.69, 9.17) is 4.74 Å². The van der Waals surface area contributed by atoms with Gasteiger partial charge in [0.1, 0.15) is 11.8 Å². The summed E-state index contributed by atoms with van der Waals surface area (Å²) in [5.41, 5.74) is 4.24. The van der Waals surface area contributed by atoms with E-state index in [1.54, 1.807) is 4.90 Å². The average molecular weight is 425 g/mol. The Balaban J connectivity index is 2.26. The van der Waals surface area contributed by atoms with E-state index < -0.39 is 6.04 Å². The first kappa shape index (κ1) is 24.4. The Labute approximate surface area is 186 Å². The lowest BCUT2D eigenvalue weighted by atomic mass is 10.1. The lowest BCUT2D eigenvalue weighted by Crippen LogP contribution is -2.51. The molecule has 0 aliphatic rings. The molecule has 2 aromatic rings. The van der Waals surface area contributed by atoms with E-state index in [-0.39, 0.29) is 24.5 Å². The Morgan fingerprint density at radius 3 is 2.29 bits per heavy atom. The molecule has 0 fully saturated rings. The van der Waals surface area contributed by atoms with Crippen LogP contribution in [0.4, 0.5) is 0 Å². The molecule has 5 nitrogen and oxygen atoms in total. The van der Waals surface area contributed by atoms with Gasteiger partial charge >= 0.3 is 0 Å². The third-order valence-corrected chi connectivity index (χ3v) is 5.89. The van der Waals surface area contributed by atoms with Gasteiger partial charge in [0.2, 0.25) is 5.91 Å². The van der Waals surface area contributed by atoms with Crippen molar-refractivity contribution >= 4 is 11.8 Å². The van der Waals surface area contributed by atoms with Gasteiger partial charge in [-0.1, -0.05) is 50.2 Å². The molecule has 0 bridgehead atoms. The number of carbonyl (C=O) groups is 2. The number of aryl methyl sites for hydroxylation is 2.